The number of rotatable bonds is 3. The predicted molar refractivity (Wildman–Crippen MR) is 149 cm³/mol. The highest BCUT2D eigenvalue weighted by atomic mass is 79.9. The Morgan fingerprint density at radius 1 is 1.17 bits per heavy atom. The number of para-hydroxylation sites is 1. The Labute approximate surface area is 228 Å². The standard InChI is InChI=1S/C28H26BrCl2N3O2/c1-15-23(29)26-22(28(2,3)4)18(14-32-34(26)25(15)17-9-7-10-19(30)24(17)31)27(35)33-20-12-13-36-21-11-6-5-8-16(20)21/h5-11,14,20H,12-13H2,1-4H3,(H,33,35)/t20-/m0/s1. The molecule has 4 aromatic rings. The average molecular weight is 587 g/mol. The molecule has 1 aliphatic rings. The molecule has 0 spiro atoms. The van der Waals surface area contributed by atoms with Crippen LogP contribution >= 0.6 is 39.1 Å². The number of fused-ring (bicyclic) bond motifs is 2. The Hall–Kier alpha value is -2.54. The Kier molecular flexibility index (Phi) is 6.56. The van der Waals surface area contributed by atoms with E-state index in [1.807, 2.05) is 47.8 Å². The Morgan fingerprint density at radius 3 is 2.67 bits per heavy atom. The second-order valence-electron chi connectivity index (χ2n) is 10.0. The van der Waals surface area contributed by atoms with Crippen LogP contribution in [0.25, 0.3) is 16.8 Å². The smallest absolute Gasteiger partial charge is 0.253 e. The van der Waals surface area contributed by atoms with Crippen LogP contribution in [0.15, 0.2) is 53.1 Å². The van der Waals surface area contributed by atoms with Gasteiger partial charge in [-0.3, -0.25) is 4.79 Å². The normalized spacial score (nSPS) is 15.5. The third-order valence-electron chi connectivity index (χ3n) is 6.59. The minimum atomic E-state index is -0.354. The van der Waals surface area contributed by atoms with Gasteiger partial charge in [0.2, 0.25) is 0 Å². The van der Waals surface area contributed by atoms with E-state index in [4.69, 9.17) is 33.0 Å². The number of aromatic nitrogens is 2. The molecule has 0 radical (unpaired) electrons. The molecule has 8 heteroatoms. The number of benzene rings is 2. The van der Waals surface area contributed by atoms with Gasteiger partial charge in [0.1, 0.15) is 5.75 Å². The zero-order chi connectivity index (χ0) is 25.8. The van der Waals surface area contributed by atoms with Crippen LogP contribution in [0.1, 0.15) is 60.3 Å². The summed E-state index contributed by atoms with van der Waals surface area (Å²) in [6.07, 6.45) is 2.36. The molecule has 0 saturated heterocycles. The van der Waals surface area contributed by atoms with Crippen molar-refractivity contribution in [3.05, 3.63) is 85.4 Å². The van der Waals surface area contributed by atoms with Crippen LogP contribution in [-0.4, -0.2) is 22.1 Å². The molecule has 5 nitrogen and oxygen atoms in total. The summed E-state index contributed by atoms with van der Waals surface area (Å²) in [5, 5.41) is 8.92. The first-order chi connectivity index (χ1) is 17.1. The van der Waals surface area contributed by atoms with Gasteiger partial charge >= 0.3 is 0 Å². The van der Waals surface area contributed by atoms with Gasteiger partial charge in [-0.05, 0) is 51.5 Å². The molecule has 2 aromatic carbocycles. The van der Waals surface area contributed by atoms with E-state index in [9.17, 15) is 4.79 Å². The summed E-state index contributed by atoms with van der Waals surface area (Å²) in [7, 11) is 0. The summed E-state index contributed by atoms with van der Waals surface area (Å²) in [5.41, 5.74) is 5.49. The minimum absolute atomic E-state index is 0.135. The lowest BCUT2D eigenvalue weighted by Gasteiger charge is -2.28. The summed E-state index contributed by atoms with van der Waals surface area (Å²) < 4.78 is 8.51. The molecule has 1 amide bonds. The summed E-state index contributed by atoms with van der Waals surface area (Å²) in [4.78, 5) is 13.8. The fraction of sp³-hybridized carbons (Fsp3) is 0.286. The number of hydrogen-bond acceptors (Lipinski definition) is 3. The zero-order valence-corrected chi connectivity index (χ0v) is 23.6. The minimum Gasteiger partial charge on any atom is -0.493 e. The van der Waals surface area contributed by atoms with Crippen molar-refractivity contribution in [1.82, 2.24) is 14.9 Å². The van der Waals surface area contributed by atoms with Crippen molar-refractivity contribution in [2.75, 3.05) is 6.61 Å². The van der Waals surface area contributed by atoms with E-state index in [-0.39, 0.29) is 17.4 Å². The maximum atomic E-state index is 13.8. The Balaban J connectivity index is 1.67. The van der Waals surface area contributed by atoms with Crippen LogP contribution in [0, 0.1) is 6.92 Å². The van der Waals surface area contributed by atoms with Crippen LogP contribution in [0.2, 0.25) is 10.0 Å². The van der Waals surface area contributed by atoms with Crippen molar-refractivity contribution in [1.29, 1.82) is 0 Å². The molecular formula is C28H26BrCl2N3O2. The van der Waals surface area contributed by atoms with Gasteiger partial charge < -0.3 is 10.1 Å². The number of amides is 1. The van der Waals surface area contributed by atoms with Crippen molar-refractivity contribution in [2.45, 2.75) is 45.6 Å². The van der Waals surface area contributed by atoms with Crippen molar-refractivity contribution in [3.8, 4) is 17.0 Å². The van der Waals surface area contributed by atoms with Crippen LogP contribution in [0.5, 0.6) is 5.75 Å². The molecule has 36 heavy (non-hydrogen) atoms. The molecule has 0 aliphatic carbocycles. The predicted octanol–water partition coefficient (Wildman–Crippen LogP) is 7.93. The van der Waals surface area contributed by atoms with E-state index in [1.54, 1.807) is 12.3 Å². The van der Waals surface area contributed by atoms with Crippen molar-refractivity contribution >= 4 is 50.6 Å². The molecule has 0 unspecified atom stereocenters. The van der Waals surface area contributed by atoms with Gasteiger partial charge in [0.05, 0.1) is 45.7 Å². The number of ether oxygens (including phenoxy) is 1. The van der Waals surface area contributed by atoms with Crippen LogP contribution in [0.3, 0.4) is 0 Å². The molecule has 5 rings (SSSR count). The summed E-state index contributed by atoms with van der Waals surface area (Å²) in [5.74, 6) is 0.649. The molecular weight excluding hydrogens is 561 g/mol. The SMILES string of the molecule is Cc1c(Br)c2c(C(C)(C)C)c(C(=O)N[C@H]3CCOc4ccccc43)cnn2c1-c1cccc(Cl)c1Cl. The summed E-state index contributed by atoms with van der Waals surface area (Å²) in [6, 6.07) is 13.3. The van der Waals surface area contributed by atoms with Crippen molar-refractivity contribution in [2.24, 2.45) is 0 Å². The van der Waals surface area contributed by atoms with Gasteiger partial charge in [-0.25, -0.2) is 4.52 Å². The van der Waals surface area contributed by atoms with Gasteiger partial charge in [0.15, 0.2) is 0 Å². The van der Waals surface area contributed by atoms with Crippen LogP contribution < -0.4 is 10.1 Å². The van der Waals surface area contributed by atoms with Gasteiger partial charge in [-0.15, -0.1) is 0 Å². The lowest BCUT2D eigenvalue weighted by Crippen LogP contribution is -2.34. The molecule has 0 bridgehead atoms. The first-order valence-electron chi connectivity index (χ1n) is 11.8. The number of carbonyl (C=O) groups excluding carboxylic acids is 1. The van der Waals surface area contributed by atoms with Crippen molar-refractivity contribution in [3.63, 3.8) is 0 Å². The Morgan fingerprint density at radius 2 is 1.92 bits per heavy atom. The van der Waals surface area contributed by atoms with Gasteiger partial charge in [-0.1, -0.05) is 74.3 Å². The van der Waals surface area contributed by atoms with E-state index in [0.717, 1.165) is 43.7 Å². The average Bonchev–Trinajstić information content (AvgIpc) is 3.09. The number of nitrogens with one attached hydrogen (secondary N) is 1. The van der Waals surface area contributed by atoms with E-state index in [2.05, 4.69) is 42.0 Å². The first kappa shape index (κ1) is 25.1. The van der Waals surface area contributed by atoms with Gasteiger partial charge in [-0.2, -0.15) is 5.10 Å². The molecule has 1 atom stereocenters. The number of halogens is 3. The molecule has 1 N–H and O–H groups in total. The topological polar surface area (TPSA) is 55.6 Å². The lowest BCUT2D eigenvalue weighted by molar-refractivity contribution is 0.0922. The van der Waals surface area contributed by atoms with E-state index >= 15 is 0 Å². The highest BCUT2D eigenvalue weighted by molar-refractivity contribution is 9.10. The molecule has 0 saturated carbocycles. The van der Waals surface area contributed by atoms with Crippen LogP contribution in [-0.2, 0) is 5.41 Å². The fourth-order valence-corrected chi connectivity index (χ4v) is 5.89. The zero-order valence-electron chi connectivity index (χ0n) is 20.5. The molecule has 2 aromatic heterocycles. The number of hydrogen-bond donors (Lipinski definition) is 1. The van der Waals surface area contributed by atoms with E-state index in [1.165, 1.54) is 0 Å². The largest absolute Gasteiger partial charge is 0.493 e. The maximum absolute atomic E-state index is 13.8. The van der Waals surface area contributed by atoms with E-state index in [0.29, 0.717) is 28.6 Å². The lowest BCUT2D eigenvalue weighted by atomic mass is 9.83. The molecule has 1 aliphatic heterocycles. The summed E-state index contributed by atoms with van der Waals surface area (Å²) in [6.45, 7) is 8.87. The molecule has 3 heterocycles. The second kappa shape index (κ2) is 9.40. The van der Waals surface area contributed by atoms with Gasteiger partial charge in [0, 0.05) is 22.0 Å². The quantitative estimate of drug-likeness (QED) is 0.265. The number of carbonyl (C=O) groups is 1. The molecule has 0 fully saturated rings. The number of nitrogens with zero attached hydrogens (tertiary/aromatic N) is 2. The second-order valence-corrected chi connectivity index (χ2v) is 11.6. The van der Waals surface area contributed by atoms with Crippen molar-refractivity contribution < 1.29 is 9.53 Å². The first-order valence-corrected chi connectivity index (χ1v) is 13.3. The third-order valence-corrected chi connectivity index (χ3v) is 8.38. The van der Waals surface area contributed by atoms with E-state index < -0.39 is 0 Å². The maximum Gasteiger partial charge on any atom is 0.253 e. The fourth-order valence-electron chi connectivity index (χ4n) is 4.95. The van der Waals surface area contributed by atoms with Crippen LogP contribution in [0.4, 0.5) is 0 Å². The molecule has 186 valence electrons. The summed E-state index contributed by atoms with van der Waals surface area (Å²) >= 11 is 16.7. The highest BCUT2D eigenvalue weighted by Crippen LogP contribution is 2.43. The third kappa shape index (κ3) is 4.19. The Bertz CT molecular complexity index is 1510. The highest BCUT2D eigenvalue weighted by Gasteiger charge is 2.32. The van der Waals surface area contributed by atoms with Gasteiger partial charge in [0.25, 0.3) is 5.91 Å². The monoisotopic (exact) mass is 585 g/mol.